The van der Waals surface area contributed by atoms with E-state index in [2.05, 4.69) is 26.9 Å². The van der Waals surface area contributed by atoms with Gasteiger partial charge in [0.05, 0.1) is 5.92 Å². The Morgan fingerprint density at radius 2 is 2.04 bits per heavy atom. The minimum atomic E-state index is -0.0113. The van der Waals surface area contributed by atoms with Gasteiger partial charge in [0.1, 0.15) is 17.5 Å². The van der Waals surface area contributed by atoms with Crippen molar-refractivity contribution >= 4 is 47.0 Å². The SMILES string of the molecule is C=CC(=O)N1CCN(C2=NC=NC3SC=C(c4ccccc4Cl)C23)CC1. The van der Waals surface area contributed by atoms with Crippen LogP contribution in [0.4, 0.5) is 0 Å². The predicted molar refractivity (Wildman–Crippen MR) is 109 cm³/mol. The molecule has 134 valence electrons. The maximum Gasteiger partial charge on any atom is 0.246 e. The third-order valence-corrected chi connectivity index (χ3v) is 6.30. The van der Waals surface area contributed by atoms with E-state index in [-0.39, 0.29) is 17.2 Å². The number of nitrogens with zero attached hydrogens (tertiary/aromatic N) is 4. The second-order valence-electron chi connectivity index (χ2n) is 6.33. The van der Waals surface area contributed by atoms with E-state index in [4.69, 9.17) is 11.6 Å². The number of carbonyl (C=O) groups is 1. The van der Waals surface area contributed by atoms with Gasteiger partial charge in [-0.3, -0.25) is 9.79 Å². The van der Waals surface area contributed by atoms with Crippen molar-refractivity contribution in [1.82, 2.24) is 9.80 Å². The summed E-state index contributed by atoms with van der Waals surface area (Å²) in [5.74, 6) is 1.10. The molecule has 0 N–H and O–H groups in total. The molecule has 0 bridgehead atoms. The van der Waals surface area contributed by atoms with Crippen LogP contribution in [0.15, 0.2) is 52.3 Å². The van der Waals surface area contributed by atoms with Gasteiger partial charge in [0, 0.05) is 31.2 Å². The minimum absolute atomic E-state index is 0.0113. The lowest BCUT2D eigenvalue weighted by Crippen LogP contribution is -2.52. The van der Waals surface area contributed by atoms with Crippen LogP contribution in [0.25, 0.3) is 5.57 Å². The summed E-state index contributed by atoms with van der Waals surface area (Å²) in [5, 5.41) is 3.00. The Hall–Kier alpha value is -2.05. The van der Waals surface area contributed by atoms with E-state index in [9.17, 15) is 4.79 Å². The van der Waals surface area contributed by atoms with Gasteiger partial charge in [0.15, 0.2) is 0 Å². The molecular formula is C19H19ClN4OS. The highest BCUT2D eigenvalue weighted by Gasteiger charge is 2.40. The Bertz CT molecular complexity index is 827. The molecule has 0 aliphatic carbocycles. The first-order chi connectivity index (χ1) is 12.7. The number of benzene rings is 1. The molecule has 3 heterocycles. The Balaban J connectivity index is 1.57. The van der Waals surface area contributed by atoms with Crippen LogP contribution in [0.2, 0.25) is 5.02 Å². The first-order valence-corrected chi connectivity index (χ1v) is 9.87. The normalized spacial score (nSPS) is 24.8. The molecule has 26 heavy (non-hydrogen) atoms. The molecule has 1 aromatic carbocycles. The second-order valence-corrected chi connectivity index (χ2v) is 7.72. The molecule has 2 unspecified atom stereocenters. The van der Waals surface area contributed by atoms with Gasteiger partial charge in [0.25, 0.3) is 0 Å². The smallest absolute Gasteiger partial charge is 0.246 e. The van der Waals surface area contributed by atoms with Crippen molar-refractivity contribution in [1.29, 1.82) is 0 Å². The van der Waals surface area contributed by atoms with Gasteiger partial charge in [-0.25, -0.2) is 4.99 Å². The van der Waals surface area contributed by atoms with Gasteiger partial charge >= 0.3 is 0 Å². The number of amidine groups is 1. The van der Waals surface area contributed by atoms with Crippen LogP contribution in [0.5, 0.6) is 0 Å². The Morgan fingerprint density at radius 3 is 2.77 bits per heavy atom. The summed E-state index contributed by atoms with van der Waals surface area (Å²) in [5.41, 5.74) is 2.21. The summed E-state index contributed by atoms with van der Waals surface area (Å²) in [6.45, 7) is 6.45. The summed E-state index contributed by atoms with van der Waals surface area (Å²) in [7, 11) is 0. The Kier molecular flexibility index (Phi) is 4.87. The zero-order valence-corrected chi connectivity index (χ0v) is 15.8. The van der Waals surface area contributed by atoms with E-state index in [0.717, 1.165) is 29.5 Å². The molecule has 1 fully saturated rings. The van der Waals surface area contributed by atoms with E-state index < -0.39 is 0 Å². The fourth-order valence-electron chi connectivity index (χ4n) is 3.56. The summed E-state index contributed by atoms with van der Waals surface area (Å²) in [6.07, 6.45) is 3.04. The van der Waals surface area contributed by atoms with Crippen LogP contribution in [0.1, 0.15) is 5.56 Å². The van der Waals surface area contributed by atoms with E-state index in [1.807, 2.05) is 29.2 Å². The summed E-state index contributed by atoms with van der Waals surface area (Å²) in [4.78, 5) is 25.1. The number of thioether (sulfide) groups is 1. The van der Waals surface area contributed by atoms with Crippen molar-refractivity contribution < 1.29 is 4.79 Å². The van der Waals surface area contributed by atoms with Crippen LogP contribution >= 0.6 is 23.4 Å². The first kappa shape index (κ1) is 17.4. The summed E-state index contributed by atoms with van der Waals surface area (Å²) in [6, 6.07) is 7.91. The van der Waals surface area contributed by atoms with Gasteiger partial charge in [-0.1, -0.05) is 36.4 Å². The molecule has 3 aliphatic rings. The molecule has 1 saturated heterocycles. The molecule has 2 atom stereocenters. The Morgan fingerprint density at radius 1 is 1.27 bits per heavy atom. The standard InChI is InChI=1S/C19H19ClN4OS/c1-2-16(25)23-7-9-24(10-8-23)18-17-14(11-26-19(17)22-12-21-18)13-5-3-4-6-15(13)20/h2-6,11-12,17,19H,1,7-10H2. The van der Waals surface area contributed by atoms with Crippen LogP contribution in [-0.4, -0.2) is 59.4 Å². The van der Waals surface area contributed by atoms with E-state index >= 15 is 0 Å². The zero-order chi connectivity index (χ0) is 18.1. The minimum Gasteiger partial charge on any atom is -0.356 e. The quantitative estimate of drug-likeness (QED) is 0.733. The molecule has 1 amide bonds. The van der Waals surface area contributed by atoms with Gasteiger partial charge in [0.2, 0.25) is 5.91 Å². The number of rotatable bonds is 2. The van der Waals surface area contributed by atoms with Gasteiger partial charge in [-0.05, 0) is 28.7 Å². The first-order valence-electron chi connectivity index (χ1n) is 8.55. The number of aliphatic imine (C=N–C) groups is 2. The lowest BCUT2D eigenvalue weighted by molar-refractivity contribution is -0.127. The number of fused-ring (bicyclic) bond motifs is 1. The van der Waals surface area contributed by atoms with Gasteiger partial charge in [-0.2, -0.15) is 0 Å². The van der Waals surface area contributed by atoms with Crippen molar-refractivity contribution in [3.63, 3.8) is 0 Å². The number of hydrogen-bond donors (Lipinski definition) is 0. The van der Waals surface area contributed by atoms with Crippen LogP contribution < -0.4 is 0 Å². The zero-order valence-electron chi connectivity index (χ0n) is 14.2. The number of halogens is 1. The molecule has 7 heteroatoms. The van der Waals surface area contributed by atoms with Crippen molar-refractivity contribution in [2.45, 2.75) is 5.37 Å². The molecule has 5 nitrogen and oxygen atoms in total. The Labute approximate surface area is 162 Å². The molecule has 0 spiro atoms. The molecule has 3 aliphatic heterocycles. The monoisotopic (exact) mass is 386 g/mol. The maximum atomic E-state index is 11.8. The van der Waals surface area contributed by atoms with Crippen LogP contribution in [-0.2, 0) is 4.79 Å². The van der Waals surface area contributed by atoms with Crippen molar-refractivity contribution in [2.24, 2.45) is 15.9 Å². The summed E-state index contributed by atoms with van der Waals surface area (Å²) >= 11 is 8.15. The highest BCUT2D eigenvalue weighted by Crippen LogP contribution is 2.45. The molecule has 4 rings (SSSR count). The fourth-order valence-corrected chi connectivity index (χ4v) is 4.92. The van der Waals surface area contributed by atoms with Crippen molar-refractivity contribution in [3.8, 4) is 0 Å². The van der Waals surface area contributed by atoms with Crippen LogP contribution in [0, 0.1) is 5.92 Å². The lowest BCUT2D eigenvalue weighted by atomic mass is 9.91. The molecule has 1 aromatic rings. The number of piperazine rings is 1. The topological polar surface area (TPSA) is 48.3 Å². The summed E-state index contributed by atoms with van der Waals surface area (Å²) < 4.78 is 0. The molecule has 0 aromatic heterocycles. The largest absolute Gasteiger partial charge is 0.356 e. The van der Waals surface area contributed by atoms with Gasteiger partial charge < -0.3 is 9.80 Å². The number of hydrogen-bond acceptors (Lipinski definition) is 5. The van der Waals surface area contributed by atoms with Crippen molar-refractivity contribution in [2.75, 3.05) is 26.2 Å². The highest BCUT2D eigenvalue weighted by atomic mass is 35.5. The lowest BCUT2D eigenvalue weighted by Gasteiger charge is -2.39. The molecule has 0 saturated carbocycles. The van der Waals surface area contributed by atoms with Crippen molar-refractivity contribution in [3.05, 3.63) is 52.9 Å². The third kappa shape index (κ3) is 3.08. The average Bonchev–Trinajstić information content (AvgIpc) is 3.12. The highest BCUT2D eigenvalue weighted by molar-refractivity contribution is 8.03. The van der Waals surface area contributed by atoms with Gasteiger partial charge in [-0.15, -0.1) is 11.8 Å². The predicted octanol–water partition coefficient (Wildman–Crippen LogP) is 3.14. The second kappa shape index (κ2) is 7.29. The fraction of sp³-hybridized carbons (Fsp3) is 0.316. The molecule has 0 radical (unpaired) electrons. The van der Waals surface area contributed by atoms with E-state index in [1.54, 1.807) is 18.1 Å². The van der Waals surface area contributed by atoms with E-state index in [0.29, 0.717) is 13.1 Å². The third-order valence-electron chi connectivity index (χ3n) is 4.91. The number of amides is 1. The van der Waals surface area contributed by atoms with Crippen LogP contribution in [0.3, 0.4) is 0 Å². The van der Waals surface area contributed by atoms with E-state index in [1.165, 1.54) is 11.6 Å². The number of carbonyl (C=O) groups excluding carboxylic acids is 1. The molecular weight excluding hydrogens is 368 g/mol. The maximum absolute atomic E-state index is 11.8. The average molecular weight is 387 g/mol.